The number of carbonyl (C=O) groups excluding carboxylic acids is 4. The highest BCUT2D eigenvalue weighted by atomic mass is 31.2. The number of ether oxygens (including phenoxy) is 4. The number of hydrogen-bond donors (Lipinski definition) is 3. The van der Waals surface area contributed by atoms with E-state index in [4.69, 9.17) is 37.0 Å². The lowest BCUT2D eigenvalue weighted by atomic mass is 10.0. The Bertz CT molecular complexity index is 1750. The highest BCUT2D eigenvalue weighted by molar-refractivity contribution is 7.47. The molecule has 0 rings (SSSR count). The predicted molar refractivity (Wildman–Crippen MR) is 363 cm³/mol. The molecule has 0 aliphatic heterocycles. The van der Waals surface area contributed by atoms with Crippen molar-refractivity contribution in [1.29, 1.82) is 0 Å². The Labute approximate surface area is 549 Å². The van der Waals surface area contributed by atoms with Crippen molar-refractivity contribution in [3.8, 4) is 0 Å². The fraction of sp³-hybridized carbons (Fsp3) is 0.944. The summed E-state index contributed by atoms with van der Waals surface area (Å²) in [5, 5.41) is 10.6. The van der Waals surface area contributed by atoms with Crippen LogP contribution in [0.25, 0.3) is 0 Å². The lowest BCUT2D eigenvalue weighted by Crippen LogP contribution is -2.30. The van der Waals surface area contributed by atoms with Gasteiger partial charge in [0.05, 0.1) is 26.4 Å². The molecule has 5 atom stereocenters. The highest BCUT2D eigenvalue weighted by Crippen LogP contribution is 2.45. The molecule has 90 heavy (non-hydrogen) atoms. The van der Waals surface area contributed by atoms with E-state index < -0.39 is 97.5 Å². The Morgan fingerprint density at radius 3 is 0.756 bits per heavy atom. The molecule has 0 saturated heterocycles. The zero-order valence-corrected chi connectivity index (χ0v) is 60.2. The van der Waals surface area contributed by atoms with Crippen LogP contribution in [-0.2, 0) is 65.4 Å². The number of phosphoric ester groups is 2. The molecule has 0 fully saturated rings. The standard InChI is InChI=1S/C71H138O17P2/c1-7-9-11-13-15-16-17-20-24-31-37-43-49-55-70(75)87-66(59-81-68(73)53-47-41-33-14-12-10-8-2)61-85-89(77,78)83-57-65(72)58-84-90(79,80)86-62-67(60-82-69(74)54-48-42-36-30-27-26-29-35-40-46-52-64(5)6)88-71(76)56-50-44-38-32-25-22-19-18-21-23-28-34-39-45-51-63(3)4/h63-67,72H,7-62H2,1-6H3,(H,77,78)(H,79,80)/t65-,66+,67+/m0/s1. The first kappa shape index (κ1) is 88.1. The molecule has 0 heterocycles. The smallest absolute Gasteiger partial charge is 0.462 e. The van der Waals surface area contributed by atoms with Gasteiger partial charge in [-0.25, -0.2) is 9.13 Å². The number of esters is 4. The molecule has 2 unspecified atom stereocenters. The van der Waals surface area contributed by atoms with Crippen LogP contribution in [0.4, 0.5) is 0 Å². The zero-order chi connectivity index (χ0) is 66.5. The van der Waals surface area contributed by atoms with Gasteiger partial charge in [-0.3, -0.25) is 37.3 Å². The maximum Gasteiger partial charge on any atom is 0.472 e. The molecule has 0 aliphatic rings. The summed E-state index contributed by atoms with van der Waals surface area (Å²) in [4.78, 5) is 72.5. The lowest BCUT2D eigenvalue weighted by Gasteiger charge is -2.21. The van der Waals surface area contributed by atoms with Crippen LogP contribution in [0.2, 0.25) is 0 Å². The van der Waals surface area contributed by atoms with Gasteiger partial charge in [-0.1, -0.05) is 311 Å². The van der Waals surface area contributed by atoms with Gasteiger partial charge in [0.25, 0.3) is 0 Å². The Balaban J connectivity index is 5.20. The van der Waals surface area contributed by atoms with Gasteiger partial charge in [0.1, 0.15) is 19.3 Å². The third-order valence-electron chi connectivity index (χ3n) is 16.5. The molecular weight excluding hydrogens is 1190 g/mol. The number of carbonyl (C=O) groups is 4. The normalized spacial score (nSPS) is 14.1. The second-order valence-corrected chi connectivity index (χ2v) is 29.5. The molecule has 17 nitrogen and oxygen atoms in total. The second-order valence-electron chi connectivity index (χ2n) is 26.6. The van der Waals surface area contributed by atoms with E-state index in [0.29, 0.717) is 25.7 Å². The van der Waals surface area contributed by atoms with E-state index in [1.165, 1.54) is 167 Å². The number of aliphatic hydroxyl groups excluding tert-OH is 1. The molecule has 0 spiro atoms. The molecule has 0 saturated carbocycles. The fourth-order valence-corrected chi connectivity index (χ4v) is 12.3. The molecule has 0 radical (unpaired) electrons. The molecule has 534 valence electrons. The van der Waals surface area contributed by atoms with Crippen LogP contribution in [0, 0.1) is 11.8 Å². The first-order valence-corrected chi connectivity index (χ1v) is 40.0. The Morgan fingerprint density at radius 2 is 0.511 bits per heavy atom. The fourth-order valence-electron chi connectivity index (χ4n) is 10.8. The van der Waals surface area contributed by atoms with Crippen molar-refractivity contribution in [2.24, 2.45) is 11.8 Å². The van der Waals surface area contributed by atoms with Gasteiger partial charge in [-0.15, -0.1) is 0 Å². The third kappa shape index (κ3) is 64.8. The van der Waals surface area contributed by atoms with E-state index in [2.05, 4.69) is 41.5 Å². The summed E-state index contributed by atoms with van der Waals surface area (Å²) in [6.07, 6.45) is 48.6. The van der Waals surface area contributed by atoms with Gasteiger partial charge in [-0.2, -0.15) is 0 Å². The van der Waals surface area contributed by atoms with Crippen molar-refractivity contribution in [3.05, 3.63) is 0 Å². The van der Waals surface area contributed by atoms with Crippen LogP contribution in [-0.4, -0.2) is 96.7 Å². The topological polar surface area (TPSA) is 237 Å². The number of aliphatic hydroxyl groups is 1. The molecule has 3 N–H and O–H groups in total. The van der Waals surface area contributed by atoms with Crippen LogP contribution in [0.5, 0.6) is 0 Å². The molecule has 19 heteroatoms. The van der Waals surface area contributed by atoms with Crippen LogP contribution in [0.1, 0.15) is 363 Å². The largest absolute Gasteiger partial charge is 0.472 e. The first-order valence-electron chi connectivity index (χ1n) is 37.0. The van der Waals surface area contributed by atoms with Gasteiger partial charge in [0, 0.05) is 25.7 Å². The maximum atomic E-state index is 13.0. The van der Waals surface area contributed by atoms with Crippen LogP contribution in [0.3, 0.4) is 0 Å². The average molecular weight is 1330 g/mol. The van der Waals surface area contributed by atoms with Crippen molar-refractivity contribution in [2.75, 3.05) is 39.6 Å². The predicted octanol–water partition coefficient (Wildman–Crippen LogP) is 20.4. The molecule has 0 aromatic heterocycles. The van der Waals surface area contributed by atoms with E-state index in [-0.39, 0.29) is 25.7 Å². The number of unbranched alkanes of at least 4 members (excludes halogenated alkanes) is 40. The first-order chi connectivity index (χ1) is 43.4. The minimum atomic E-state index is -4.95. The quantitative estimate of drug-likeness (QED) is 0.0222. The molecule has 0 bridgehead atoms. The van der Waals surface area contributed by atoms with Gasteiger partial charge in [0.2, 0.25) is 0 Å². The Kier molecular flexibility index (Phi) is 61.8. The van der Waals surface area contributed by atoms with E-state index in [9.17, 15) is 43.2 Å². The van der Waals surface area contributed by atoms with Crippen molar-refractivity contribution in [3.63, 3.8) is 0 Å². The van der Waals surface area contributed by atoms with Crippen molar-refractivity contribution >= 4 is 39.5 Å². The van der Waals surface area contributed by atoms with Gasteiger partial charge in [-0.05, 0) is 37.5 Å². The van der Waals surface area contributed by atoms with Gasteiger partial charge in [0.15, 0.2) is 12.2 Å². The van der Waals surface area contributed by atoms with E-state index >= 15 is 0 Å². The van der Waals surface area contributed by atoms with Gasteiger partial charge >= 0.3 is 39.5 Å². The Hall–Kier alpha value is -1.94. The minimum absolute atomic E-state index is 0.107. The third-order valence-corrected chi connectivity index (χ3v) is 18.4. The van der Waals surface area contributed by atoms with E-state index in [1.807, 2.05) is 0 Å². The number of phosphoric acid groups is 2. The average Bonchev–Trinajstić information content (AvgIpc) is 2.41. The Morgan fingerprint density at radius 1 is 0.300 bits per heavy atom. The SMILES string of the molecule is CCCCCCCCCCCCCCCC(=O)O[C@H](COC(=O)CCCCCCCCC)COP(=O)(O)OC[C@H](O)COP(=O)(O)OC[C@@H](COC(=O)CCCCCCCCCCCCC(C)C)OC(=O)CCCCCCCCCCCCCCCCC(C)C. The van der Waals surface area contributed by atoms with Crippen LogP contribution < -0.4 is 0 Å². The molecule has 0 aromatic rings. The zero-order valence-electron chi connectivity index (χ0n) is 58.4. The number of rotatable bonds is 70. The van der Waals surface area contributed by atoms with E-state index in [0.717, 1.165) is 115 Å². The summed E-state index contributed by atoms with van der Waals surface area (Å²) in [6.45, 7) is 9.54. The molecule has 0 amide bonds. The van der Waals surface area contributed by atoms with Crippen LogP contribution in [0.15, 0.2) is 0 Å². The number of hydrogen-bond acceptors (Lipinski definition) is 15. The molecular formula is C71H138O17P2. The van der Waals surface area contributed by atoms with Crippen molar-refractivity contribution in [1.82, 2.24) is 0 Å². The van der Waals surface area contributed by atoms with Crippen LogP contribution >= 0.6 is 15.6 Å². The second kappa shape index (κ2) is 63.1. The summed E-state index contributed by atoms with van der Waals surface area (Å²) in [7, 11) is -9.90. The minimum Gasteiger partial charge on any atom is -0.462 e. The molecule has 0 aromatic carbocycles. The van der Waals surface area contributed by atoms with E-state index in [1.54, 1.807) is 0 Å². The highest BCUT2D eigenvalue weighted by Gasteiger charge is 2.30. The summed E-state index contributed by atoms with van der Waals surface area (Å²) in [5.41, 5.74) is 0. The monoisotopic (exact) mass is 1320 g/mol. The summed E-state index contributed by atoms with van der Waals surface area (Å²) in [5.74, 6) is -0.572. The van der Waals surface area contributed by atoms with Crippen molar-refractivity contribution in [2.45, 2.75) is 381 Å². The van der Waals surface area contributed by atoms with Gasteiger partial charge < -0.3 is 33.8 Å². The summed E-state index contributed by atoms with van der Waals surface area (Å²) in [6, 6.07) is 0. The lowest BCUT2D eigenvalue weighted by molar-refractivity contribution is -0.161. The maximum absolute atomic E-state index is 13.0. The summed E-state index contributed by atoms with van der Waals surface area (Å²) < 4.78 is 68.2. The van der Waals surface area contributed by atoms with Crippen molar-refractivity contribution < 1.29 is 80.2 Å². The molecule has 0 aliphatic carbocycles. The summed E-state index contributed by atoms with van der Waals surface area (Å²) >= 11 is 0.